The van der Waals surface area contributed by atoms with E-state index in [0.717, 1.165) is 5.56 Å². The van der Waals surface area contributed by atoms with Crippen molar-refractivity contribution in [2.45, 2.75) is 42.5 Å². The summed E-state index contributed by atoms with van der Waals surface area (Å²) >= 11 is 0. The van der Waals surface area contributed by atoms with Crippen molar-refractivity contribution in [3.63, 3.8) is 0 Å². The van der Waals surface area contributed by atoms with Gasteiger partial charge < -0.3 is 19.3 Å². The van der Waals surface area contributed by atoms with Crippen LogP contribution < -0.4 is 0 Å². The van der Waals surface area contributed by atoms with Crippen LogP contribution >= 0.6 is 0 Å². The standard InChI is InChI=1S/C17H23NO7S/c1-11-2-4-12(5-3-11)26(20,21)25-16-15(19)14(13-10-23-17(16)24-13)18-6-8-22-9-7-18/h2-5,13-17,19H,6-10H2,1H3/t13-,14-,15+,16-,17-/m1/s1. The zero-order chi connectivity index (χ0) is 18.3. The number of hydrogen-bond donors (Lipinski definition) is 1. The molecule has 0 unspecified atom stereocenters. The van der Waals surface area contributed by atoms with E-state index in [4.69, 9.17) is 18.4 Å². The van der Waals surface area contributed by atoms with Crippen molar-refractivity contribution >= 4 is 10.1 Å². The number of morpholine rings is 1. The first kappa shape index (κ1) is 18.3. The zero-order valence-electron chi connectivity index (χ0n) is 14.5. The number of benzene rings is 1. The monoisotopic (exact) mass is 385 g/mol. The summed E-state index contributed by atoms with van der Waals surface area (Å²) < 4.78 is 47.4. The number of aliphatic hydroxyl groups excluding tert-OH is 1. The van der Waals surface area contributed by atoms with E-state index in [2.05, 4.69) is 4.90 Å². The van der Waals surface area contributed by atoms with Gasteiger partial charge in [0.25, 0.3) is 10.1 Å². The number of aryl methyl sites for hydroxylation is 1. The second-order valence-electron chi connectivity index (χ2n) is 6.83. The molecule has 1 aromatic rings. The Hall–Kier alpha value is -1.07. The van der Waals surface area contributed by atoms with Crippen LogP contribution in [-0.4, -0.2) is 82.0 Å². The number of nitrogens with zero attached hydrogens (tertiary/aromatic N) is 1. The Bertz CT molecular complexity index is 732. The first-order valence-electron chi connectivity index (χ1n) is 8.72. The first-order chi connectivity index (χ1) is 12.5. The molecule has 2 bridgehead atoms. The Morgan fingerprint density at radius 2 is 1.88 bits per heavy atom. The van der Waals surface area contributed by atoms with Gasteiger partial charge in [-0.3, -0.25) is 9.08 Å². The lowest BCUT2D eigenvalue weighted by atomic mass is 9.96. The molecule has 3 aliphatic heterocycles. The van der Waals surface area contributed by atoms with E-state index in [9.17, 15) is 13.5 Å². The van der Waals surface area contributed by atoms with Gasteiger partial charge in [-0.25, -0.2) is 0 Å². The maximum atomic E-state index is 12.6. The van der Waals surface area contributed by atoms with E-state index < -0.39 is 34.7 Å². The molecule has 0 spiro atoms. The second kappa shape index (κ2) is 7.16. The molecule has 9 heteroatoms. The summed E-state index contributed by atoms with van der Waals surface area (Å²) in [6, 6.07) is 5.97. The summed E-state index contributed by atoms with van der Waals surface area (Å²) in [5.74, 6) is 0. The van der Waals surface area contributed by atoms with E-state index in [0.29, 0.717) is 32.9 Å². The summed E-state index contributed by atoms with van der Waals surface area (Å²) in [6.45, 7) is 4.58. The Morgan fingerprint density at radius 3 is 2.58 bits per heavy atom. The van der Waals surface area contributed by atoms with Crippen LogP contribution in [0.15, 0.2) is 29.2 Å². The lowest BCUT2D eigenvalue weighted by Gasteiger charge is -2.44. The molecule has 1 aromatic carbocycles. The van der Waals surface area contributed by atoms with Crippen molar-refractivity contribution in [2.24, 2.45) is 0 Å². The predicted octanol–water partition coefficient (Wildman–Crippen LogP) is -0.114. The summed E-state index contributed by atoms with van der Waals surface area (Å²) in [5, 5.41) is 10.9. The zero-order valence-corrected chi connectivity index (χ0v) is 15.3. The Morgan fingerprint density at radius 1 is 1.19 bits per heavy atom. The van der Waals surface area contributed by atoms with Crippen molar-refractivity contribution in [3.05, 3.63) is 29.8 Å². The average molecular weight is 385 g/mol. The molecule has 26 heavy (non-hydrogen) atoms. The lowest BCUT2D eigenvalue weighted by Crippen LogP contribution is -2.63. The number of ether oxygens (including phenoxy) is 3. The molecule has 0 aliphatic carbocycles. The average Bonchev–Trinajstić information content (AvgIpc) is 3.06. The highest BCUT2D eigenvalue weighted by Crippen LogP contribution is 2.34. The van der Waals surface area contributed by atoms with Crippen LogP contribution in [0.1, 0.15) is 5.56 Å². The molecule has 0 aromatic heterocycles. The highest BCUT2D eigenvalue weighted by atomic mass is 32.2. The van der Waals surface area contributed by atoms with Gasteiger partial charge in [-0.2, -0.15) is 8.42 Å². The molecular formula is C17H23NO7S. The van der Waals surface area contributed by atoms with Gasteiger partial charge in [0.1, 0.15) is 12.2 Å². The third-order valence-corrected chi connectivity index (χ3v) is 6.41. The highest BCUT2D eigenvalue weighted by Gasteiger charge is 2.54. The van der Waals surface area contributed by atoms with Crippen LogP contribution in [0.4, 0.5) is 0 Å². The molecule has 5 atom stereocenters. The fraction of sp³-hybridized carbons (Fsp3) is 0.647. The minimum absolute atomic E-state index is 0.0401. The minimum Gasteiger partial charge on any atom is -0.388 e. The van der Waals surface area contributed by atoms with Crippen LogP contribution in [0, 0.1) is 6.92 Å². The van der Waals surface area contributed by atoms with Crippen molar-refractivity contribution in [1.82, 2.24) is 4.90 Å². The van der Waals surface area contributed by atoms with Gasteiger partial charge in [0.05, 0.1) is 30.8 Å². The van der Waals surface area contributed by atoms with E-state index in [1.807, 2.05) is 6.92 Å². The van der Waals surface area contributed by atoms with Gasteiger partial charge >= 0.3 is 0 Å². The predicted molar refractivity (Wildman–Crippen MR) is 90.0 cm³/mol. The first-order valence-corrected chi connectivity index (χ1v) is 10.1. The minimum atomic E-state index is -4.05. The molecule has 4 rings (SSSR count). The van der Waals surface area contributed by atoms with Crippen molar-refractivity contribution in [3.8, 4) is 0 Å². The Balaban J connectivity index is 1.56. The maximum Gasteiger partial charge on any atom is 0.297 e. The largest absolute Gasteiger partial charge is 0.388 e. The summed E-state index contributed by atoms with van der Waals surface area (Å²) in [5.41, 5.74) is 0.944. The van der Waals surface area contributed by atoms with Gasteiger partial charge in [-0.05, 0) is 19.1 Å². The van der Waals surface area contributed by atoms with E-state index in [1.54, 1.807) is 12.1 Å². The second-order valence-corrected chi connectivity index (χ2v) is 8.41. The van der Waals surface area contributed by atoms with Gasteiger partial charge in [-0.15, -0.1) is 0 Å². The smallest absolute Gasteiger partial charge is 0.297 e. The van der Waals surface area contributed by atoms with Gasteiger partial charge in [-0.1, -0.05) is 17.7 Å². The molecule has 144 valence electrons. The molecule has 3 fully saturated rings. The van der Waals surface area contributed by atoms with Crippen LogP contribution in [0.25, 0.3) is 0 Å². The highest BCUT2D eigenvalue weighted by molar-refractivity contribution is 7.86. The maximum absolute atomic E-state index is 12.6. The fourth-order valence-corrected chi connectivity index (χ4v) is 4.78. The molecular weight excluding hydrogens is 362 g/mol. The van der Waals surface area contributed by atoms with Crippen LogP contribution in [0.2, 0.25) is 0 Å². The number of aliphatic hydroxyl groups is 1. The van der Waals surface area contributed by atoms with Crippen molar-refractivity contribution in [2.75, 3.05) is 32.9 Å². The SMILES string of the molecule is Cc1ccc(S(=O)(=O)O[C@H]2[C@@H]3OC[C@@H](O3)[C@@H](N3CCOCC3)[C@@H]2O)cc1. The molecule has 3 saturated heterocycles. The lowest BCUT2D eigenvalue weighted by molar-refractivity contribution is -0.211. The molecule has 1 N–H and O–H groups in total. The molecule has 0 saturated carbocycles. The summed E-state index contributed by atoms with van der Waals surface area (Å²) in [4.78, 5) is 2.09. The third-order valence-electron chi connectivity index (χ3n) is 5.08. The number of rotatable bonds is 4. The van der Waals surface area contributed by atoms with E-state index in [-0.39, 0.29) is 11.0 Å². The topological polar surface area (TPSA) is 94.5 Å². The summed E-state index contributed by atoms with van der Waals surface area (Å²) in [7, 11) is -4.05. The molecule has 3 heterocycles. The normalized spacial score (nSPS) is 35.5. The number of fused-ring (bicyclic) bond motifs is 2. The van der Waals surface area contributed by atoms with E-state index in [1.165, 1.54) is 12.1 Å². The third kappa shape index (κ3) is 3.40. The summed E-state index contributed by atoms with van der Waals surface area (Å²) in [6.07, 6.45) is -3.37. The van der Waals surface area contributed by atoms with Crippen molar-refractivity contribution < 1.29 is 31.9 Å². The Kier molecular flexibility index (Phi) is 5.04. The quantitative estimate of drug-likeness (QED) is 0.718. The van der Waals surface area contributed by atoms with Gasteiger partial charge in [0.2, 0.25) is 0 Å². The molecule has 8 nitrogen and oxygen atoms in total. The van der Waals surface area contributed by atoms with Crippen LogP contribution in [0.3, 0.4) is 0 Å². The van der Waals surface area contributed by atoms with Gasteiger partial charge in [0.15, 0.2) is 12.4 Å². The van der Waals surface area contributed by atoms with Crippen LogP contribution in [0.5, 0.6) is 0 Å². The van der Waals surface area contributed by atoms with Gasteiger partial charge in [0, 0.05) is 13.1 Å². The molecule has 3 aliphatic rings. The van der Waals surface area contributed by atoms with Crippen molar-refractivity contribution in [1.29, 1.82) is 0 Å². The molecule has 0 amide bonds. The molecule has 0 radical (unpaired) electrons. The van der Waals surface area contributed by atoms with E-state index >= 15 is 0 Å². The van der Waals surface area contributed by atoms with Crippen LogP contribution in [-0.2, 0) is 28.5 Å². The fourth-order valence-electron chi connectivity index (χ4n) is 3.70. The number of hydrogen-bond acceptors (Lipinski definition) is 8. The Labute approximate surface area is 152 Å².